The molecule has 2 N–H and O–H groups in total. The molecule has 0 heterocycles. The predicted molar refractivity (Wildman–Crippen MR) is 54.5 cm³/mol. The molecule has 0 saturated carbocycles. The minimum absolute atomic E-state index is 0.134. The van der Waals surface area contributed by atoms with Gasteiger partial charge in [-0.25, -0.2) is 8.78 Å². The van der Waals surface area contributed by atoms with Crippen LogP contribution in [0.2, 0.25) is 0 Å². The number of aliphatic hydroxyl groups excluding tert-OH is 1. The minimum atomic E-state index is -0.885. The minimum Gasteiger partial charge on any atom is -0.394 e. The first-order chi connectivity index (χ1) is 7.19. The summed E-state index contributed by atoms with van der Waals surface area (Å²) in [4.78, 5) is 0. The Bertz CT molecular complexity index is 317. The van der Waals surface area contributed by atoms with E-state index < -0.39 is 11.6 Å². The van der Waals surface area contributed by atoms with Crippen molar-refractivity contribution in [2.75, 3.05) is 13.2 Å². The van der Waals surface area contributed by atoms with Crippen LogP contribution in [0.1, 0.15) is 24.9 Å². The summed E-state index contributed by atoms with van der Waals surface area (Å²) >= 11 is 0. The van der Waals surface area contributed by atoms with Crippen molar-refractivity contribution in [2.24, 2.45) is 0 Å². The summed E-state index contributed by atoms with van der Waals surface area (Å²) < 4.78 is 25.6. The van der Waals surface area contributed by atoms with Gasteiger partial charge >= 0.3 is 0 Å². The van der Waals surface area contributed by atoms with E-state index in [1.54, 1.807) is 0 Å². The molecule has 4 heteroatoms. The summed E-state index contributed by atoms with van der Waals surface area (Å²) in [5, 5.41) is 12.1. The van der Waals surface area contributed by atoms with Crippen molar-refractivity contribution in [3.05, 3.63) is 35.4 Å². The first kappa shape index (κ1) is 12.1. The highest BCUT2D eigenvalue weighted by Gasteiger charge is 2.11. The van der Waals surface area contributed by atoms with Crippen molar-refractivity contribution in [3.8, 4) is 0 Å². The number of hydrogen-bond acceptors (Lipinski definition) is 2. The fourth-order valence-electron chi connectivity index (χ4n) is 1.34. The van der Waals surface area contributed by atoms with Crippen LogP contribution in [-0.2, 0) is 0 Å². The molecule has 1 unspecified atom stereocenters. The van der Waals surface area contributed by atoms with Gasteiger partial charge in [0.25, 0.3) is 0 Å². The normalized spacial score (nSPS) is 12.8. The molecule has 15 heavy (non-hydrogen) atoms. The number of aliphatic hydroxyl groups is 1. The van der Waals surface area contributed by atoms with E-state index in [1.165, 1.54) is 6.07 Å². The molecule has 0 bridgehead atoms. The Kier molecular flexibility index (Phi) is 4.65. The molecule has 84 valence electrons. The summed E-state index contributed by atoms with van der Waals surface area (Å²) in [6, 6.07) is 3.32. The molecule has 0 aliphatic carbocycles. The lowest BCUT2D eigenvalue weighted by molar-refractivity contribution is 0.244. The number of nitrogens with one attached hydrogen (secondary N) is 1. The second kappa shape index (κ2) is 5.78. The summed E-state index contributed by atoms with van der Waals surface area (Å²) in [5.74, 6) is -1.75. The maximum atomic E-state index is 12.9. The monoisotopic (exact) mass is 215 g/mol. The Morgan fingerprint density at radius 2 is 2.07 bits per heavy atom. The zero-order chi connectivity index (χ0) is 11.3. The molecule has 0 aliphatic heterocycles. The smallest absolute Gasteiger partial charge is 0.159 e. The van der Waals surface area contributed by atoms with Gasteiger partial charge in [-0.3, -0.25) is 0 Å². The zero-order valence-electron chi connectivity index (χ0n) is 8.63. The third kappa shape index (κ3) is 3.25. The Morgan fingerprint density at radius 1 is 1.33 bits per heavy atom. The molecule has 0 aromatic heterocycles. The summed E-state index contributed by atoms with van der Waals surface area (Å²) in [6.07, 6.45) is 0.917. The fourth-order valence-corrected chi connectivity index (χ4v) is 1.34. The lowest BCUT2D eigenvalue weighted by Crippen LogP contribution is -2.25. The van der Waals surface area contributed by atoms with Crippen molar-refractivity contribution in [1.82, 2.24) is 5.32 Å². The van der Waals surface area contributed by atoms with Crippen LogP contribution in [0.15, 0.2) is 18.2 Å². The fraction of sp³-hybridized carbons (Fsp3) is 0.455. The SMILES string of the molecule is CCCNC(CO)c1ccc(F)c(F)c1. The summed E-state index contributed by atoms with van der Waals surface area (Å²) in [7, 11) is 0. The third-order valence-corrected chi connectivity index (χ3v) is 2.17. The average molecular weight is 215 g/mol. The van der Waals surface area contributed by atoms with Gasteiger partial charge in [0.2, 0.25) is 0 Å². The van der Waals surface area contributed by atoms with Gasteiger partial charge in [-0.2, -0.15) is 0 Å². The van der Waals surface area contributed by atoms with Gasteiger partial charge in [0, 0.05) is 0 Å². The molecule has 1 aromatic rings. The molecule has 0 radical (unpaired) electrons. The van der Waals surface area contributed by atoms with Gasteiger partial charge in [0.05, 0.1) is 12.6 Å². The topological polar surface area (TPSA) is 32.3 Å². The Morgan fingerprint density at radius 3 is 2.60 bits per heavy atom. The second-order valence-corrected chi connectivity index (χ2v) is 3.36. The lowest BCUT2D eigenvalue weighted by Gasteiger charge is -2.16. The Hall–Kier alpha value is -1.00. The van der Waals surface area contributed by atoms with E-state index in [2.05, 4.69) is 5.32 Å². The van der Waals surface area contributed by atoms with Crippen LogP contribution in [0.5, 0.6) is 0 Å². The maximum Gasteiger partial charge on any atom is 0.159 e. The molecular formula is C11H15F2NO. The highest BCUT2D eigenvalue weighted by Crippen LogP contribution is 2.15. The largest absolute Gasteiger partial charge is 0.394 e. The van der Waals surface area contributed by atoms with Gasteiger partial charge in [-0.15, -0.1) is 0 Å². The molecule has 2 nitrogen and oxygen atoms in total. The number of benzene rings is 1. The van der Waals surface area contributed by atoms with E-state index >= 15 is 0 Å². The van der Waals surface area contributed by atoms with Gasteiger partial charge in [0.15, 0.2) is 11.6 Å². The van der Waals surface area contributed by atoms with Gasteiger partial charge < -0.3 is 10.4 Å². The van der Waals surface area contributed by atoms with E-state index in [4.69, 9.17) is 5.11 Å². The van der Waals surface area contributed by atoms with Crippen molar-refractivity contribution < 1.29 is 13.9 Å². The van der Waals surface area contributed by atoms with Crippen LogP contribution in [0, 0.1) is 11.6 Å². The van der Waals surface area contributed by atoms with E-state index in [0.717, 1.165) is 25.1 Å². The quantitative estimate of drug-likeness (QED) is 0.787. The third-order valence-electron chi connectivity index (χ3n) is 2.17. The molecule has 0 fully saturated rings. The summed E-state index contributed by atoms with van der Waals surface area (Å²) in [6.45, 7) is 2.59. The Balaban J connectivity index is 2.78. The zero-order valence-corrected chi connectivity index (χ0v) is 8.63. The van der Waals surface area contributed by atoms with Crippen LogP contribution < -0.4 is 5.32 Å². The molecule has 1 rings (SSSR count). The first-order valence-electron chi connectivity index (χ1n) is 4.98. The van der Waals surface area contributed by atoms with Crippen molar-refractivity contribution in [1.29, 1.82) is 0 Å². The second-order valence-electron chi connectivity index (χ2n) is 3.36. The van der Waals surface area contributed by atoms with Crippen LogP contribution in [0.25, 0.3) is 0 Å². The Labute approximate surface area is 87.9 Å². The highest BCUT2D eigenvalue weighted by molar-refractivity contribution is 5.21. The molecule has 0 amide bonds. The van der Waals surface area contributed by atoms with Crippen molar-refractivity contribution in [2.45, 2.75) is 19.4 Å². The molecular weight excluding hydrogens is 200 g/mol. The van der Waals surface area contributed by atoms with Crippen molar-refractivity contribution in [3.63, 3.8) is 0 Å². The predicted octanol–water partition coefficient (Wildman–Crippen LogP) is 2.00. The van der Waals surface area contributed by atoms with Crippen molar-refractivity contribution >= 4 is 0 Å². The van der Waals surface area contributed by atoms with Gasteiger partial charge in [0.1, 0.15) is 0 Å². The van der Waals surface area contributed by atoms with E-state index in [1.807, 2.05) is 6.92 Å². The first-order valence-corrected chi connectivity index (χ1v) is 4.98. The lowest BCUT2D eigenvalue weighted by atomic mass is 10.1. The molecule has 1 atom stereocenters. The van der Waals surface area contributed by atoms with Crippen LogP contribution in [-0.4, -0.2) is 18.3 Å². The molecule has 1 aromatic carbocycles. The number of hydrogen-bond donors (Lipinski definition) is 2. The number of rotatable bonds is 5. The standard InChI is InChI=1S/C11H15F2NO/c1-2-5-14-11(7-15)8-3-4-9(12)10(13)6-8/h3-4,6,11,14-15H,2,5,7H2,1H3. The van der Waals surface area contributed by atoms with Gasteiger partial charge in [-0.1, -0.05) is 13.0 Å². The number of halogens is 2. The average Bonchev–Trinajstić information content (AvgIpc) is 2.24. The molecule has 0 spiro atoms. The molecule has 0 saturated heterocycles. The highest BCUT2D eigenvalue weighted by atomic mass is 19.2. The van der Waals surface area contributed by atoms with E-state index in [0.29, 0.717) is 5.56 Å². The molecule has 0 aliphatic rings. The van der Waals surface area contributed by atoms with Gasteiger partial charge in [-0.05, 0) is 30.7 Å². The maximum absolute atomic E-state index is 12.9. The van der Waals surface area contributed by atoms with Crippen LogP contribution in [0.3, 0.4) is 0 Å². The van der Waals surface area contributed by atoms with E-state index in [-0.39, 0.29) is 12.6 Å². The van der Waals surface area contributed by atoms with Crippen LogP contribution >= 0.6 is 0 Å². The van der Waals surface area contributed by atoms with Crippen LogP contribution in [0.4, 0.5) is 8.78 Å². The summed E-state index contributed by atoms with van der Waals surface area (Å²) in [5.41, 5.74) is 0.560. The van der Waals surface area contributed by atoms with E-state index in [9.17, 15) is 8.78 Å².